The molecular formula is C18H22O2. The fraction of sp³-hybridized carbons (Fsp3) is 0.333. The van der Waals surface area contributed by atoms with Crippen molar-refractivity contribution in [1.82, 2.24) is 0 Å². The molecule has 0 saturated heterocycles. The van der Waals surface area contributed by atoms with Crippen molar-refractivity contribution in [2.24, 2.45) is 0 Å². The van der Waals surface area contributed by atoms with Crippen molar-refractivity contribution in [2.45, 2.75) is 38.9 Å². The molecule has 2 nitrogen and oxygen atoms in total. The molecule has 1 N–H and O–H groups in total. The highest BCUT2D eigenvalue weighted by Crippen LogP contribution is 2.24. The van der Waals surface area contributed by atoms with Crippen LogP contribution in [0.5, 0.6) is 5.75 Å². The van der Waals surface area contributed by atoms with E-state index < -0.39 is 6.10 Å². The van der Waals surface area contributed by atoms with Crippen LogP contribution in [-0.4, -0.2) is 11.2 Å². The Labute approximate surface area is 121 Å². The van der Waals surface area contributed by atoms with Crippen LogP contribution in [0.2, 0.25) is 0 Å². The van der Waals surface area contributed by atoms with Gasteiger partial charge in [-0.25, -0.2) is 0 Å². The SMILES string of the molecule is CC(C)c1cccc(OC(C)C(O)c2ccccc2)c1. The zero-order chi connectivity index (χ0) is 14.5. The van der Waals surface area contributed by atoms with Gasteiger partial charge in [-0.1, -0.05) is 56.3 Å². The third-order valence-electron chi connectivity index (χ3n) is 3.43. The van der Waals surface area contributed by atoms with E-state index in [1.165, 1.54) is 5.56 Å². The van der Waals surface area contributed by atoms with E-state index in [1.807, 2.05) is 55.5 Å². The van der Waals surface area contributed by atoms with Gasteiger partial charge in [0.2, 0.25) is 0 Å². The van der Waals surface area contributed by atoms with Crippen molar-refractivity contribution in [3.63, 3.8) is 0 Å². The number of aliphatic hydroxyl groups excluding tert-OH is 1. The summed E-state index contributed by atoms with van der Waals surface area (Å²) in [5.74, 6) is 1.27. The largest absolute Gasteiger partial charge is 0.488 e. The zero-order valence-electron chi connectivity index (χ0n) is 12.3. The molecular weight excluding hydrogens is 248 g/mol. The van der Waals surface area contributed by atoms with Crippen LogP contribution in [0.4, 0.5) is 0 Å². The van der Waals surface area contributed by atoms with Gasteiger partial charge in [0.25, 0.3) is 0 Å². The van der Waals surface area contributed by atoms with Crippen LogP contribution < -0.4 is 4.74 Å². The topological polar surface area (TPSA) is 29.5 Å². The molecule has 0 aliphatic heterocycles. The molecule has 2 heteroatoms. The van der Waals surface area contributed by atoms with Gasteiger partial charge < -0.3 is 9.84 Å². The third kappa shape index (κ3) is 3.61. The molecule has 0 fully saturated rings. The number of aliphatic hydroxyl groups is 1. The molecule has 2 aromatic rings. The van der Waals surface area contributed by atoms with Gasteiger partial charge >= 0.3 is 0 Å². The quantitative estimate of drug-likeness (QED) is 0.877. The fourth-order valence-electron chi connectivity index (χ4n) is 2.15. The first-order valence-corrected chi connectivity index (χ1v) is 7.07. The van der Waals surface area contributed by atoms with Crippen LogP contribution in [0.25, 0.3) is 0 Å². The van der Waals surface area contributed by atoms with Crippen molar-refractivity contribution < 1.29 is 9.84 Å². The molecule has 0 bridgehead atoms. The lowest BCUT2D eigenvalue weighted by molar-refractivity contribution is 0.0467. The number of rotatable bonds is 5. The number of hydrogen-bond donors (Lipinski definition) is 1. The van der Waals surface area contributed by atoms with E-state index in [4.69, 9.17) is 4.74 Å². The second-order valence-corrected chi connectivity index (χ2v) is 5.41. The Morgan fingerprint density at radius 1 is 0.850 bits per heavy atom. The van der Waals surface area contributed by atoms with Crippen LogP contribution in [0, 0.1) is 0 Å². The van der Waals surface area contributed by atoms with E-state index in [2.05, 4.69) is 19.9 Å². The lowest BCUT2D eigenvalue weighted by atomic mass is 10.0. The monoisotopic (exact) mass is 270 g/mol. The molecule has 2 aromatic carbocycles. The van der Waals surface area contributed by atoms with Crippen molar-refractivity contribution in [3.05, 3.63) is 65.7 Å². The first-order valence-electron chi connectivity index (χ1n) is 7.07. The summed E-state index contributed by atoms with van der Waals surface area (Å²) in [6, 6.07) is 17.7. The predicted molar refractivity (Wildman–Crippen MR) is 82.0 cm³/mol. The second-order valence-electron chi connectivity index (χ2n) is 5.41. The van der Waals surface area contributed by atoms with E-state index >= 15 is 0 Å². The van der Waals surface area contributed by atoms with Crippen LogP contribution in [0.15, 0.2) is 54.6 Å². The zero-order valence-corrected chi connectivity index (χ0v) is 12.3. The number of benzene rings is 2. The van der Waals surface area contributed by atoms with Gasteiger partial charge in [0.15, 0.2) is 0 Å². The average molecular weight is 270 g/mol. The summed E-state index contributed by atoms with van der Waals surface area (Å²) in [6.45, 7) is 6.20. The summed E-state index contributed by atoms with van der Waals surface area (Å²) in [6.07, 6.45) is -0.918. The number of hydrogen-bond acceptors (Lipinski definition) is 2. The standard InChI is InChI=1S/C18H22O2/c1-13(2)16-10-7-11-17(12-16)20-14(3)18(19)15-8-5-4-6-9-15/h4-14,18-19H,1-3H3. The van der Waals surface area contributed by atoms with Gasteiger partial charge in [-0.15, -0.1) is 0 Å². The summed E-state index contributed by atoms with van der Waals surface area (Å²) >= 11 is 0. The Bertz CT molecular complexity index is 534. The van der Waals surface area contributed by atoms with E-state index in [1.54, 1.807) is 0 Å². The summed E-state index contributed by atoms with van der Waals surface area (Å²) in [5.41, 5.74) is 2.11. The number of ether oxygens (including phenoxy) is 1. The minimum atomic E-state index is -0.626. The Balaban J connectivity index is 2.08. The Hall–Kier alpha value is -1.80. The normalized spacial score (nSPS) is 14.1. The second kappa shape index (κ2) is 6.58. The average Bonchev–Trinajstić information content (AvgIpc) is 2.47. The Morgan fingerprint density at radius 2 is 1.50 bits per heavy atom. The van der Waals surface area contributed by atoms with Crippen molar-refractivity contribution >= 4 is 0 Å². The molecule has 2 unspecified atom stereocenters. The van der Waals surface area contributed by atoms with Crippen LogP contribution in [-0.2, 0) is 0 Å². The Kier molecular flexibility index (Phi) is 4.80. The van der Waals surface area contributed by atoms with Gasteiger partial charge in [-0.05, 0) is 36.1 Å². The van der Waals surface area contributed by atoms with Crippen LogP contribution in [0.3, 0.4) is 0 Å². The van der Waals surface area contributed by atoms with Gasteiger partial charge in [0, 0.05) is 0 Å². The molecule has 2 atom stereocenters. The highest BCUT2D eigenvalue weighted by Gasteiger charge is 2.17. The maximum absolute atomic E-state index is 10.3. The summed E-state index contributed by atoms with van der Waals surface area (Å²) in [7, 11) is 0. The van der Waals surface area contributed by atoms with Crippen molar-refractivity contribution in [3.8, 4) is 5.75 Å². The summed E-state index contributed by atoms with van der Waals surface area (Å²) in [4.78, 5) is 0. The lowest BCUT2D eigenvalue weighted by Crippen LogP contribution is -2.21. The van der Waals surface area contributed by atoms with Crippen LogP contribution in [0.1, 0.15) is 43.9 Å². The molecule has 0 saturated carbocycles. The molecule has 0 amide bonds. The molecule has 106 valence electrons. The molecule has 0 aliphatic rings. The molecule has 20 heavy (non-hydrogen) atoms. The first-order chi connectivity index (χ1) is 9.58. The van der Waals surface area contributed by atoms with E-state index in [0.29, 0.717) is 5.92 Å². The van der Waals surface area contributed by atoms with E-state index in [9.17, 15) is 5.11 Å². The van der Waals surface area contributed by atoms with E-state index in [-0.39, 0.29) is 6.10 Å². The molecule has 0 radical (unpaired) electrons. The highest BCUT2D eigenvalue weighted by atomic mass is 16.5. The van der Waals surface area contributed by atoms with E-state index in [0.717, 1.165) is 11.3 Å². The first kappa shape index (κ1) is 14.6. The molecule has 0 aromatic heterocycles. The molecule has 0 aliphatic carbocycles. The lowest BCUT2D eigenvalue weighted by Gasteiger charge is -2.21. The van der Waals surface area contributed by atoms with Gasteiger partial charge in [0.05, 0.1) is 0 Å². The maximum atomic E-state index is 10.3. The predicted octanol–water partition coefficient (Wildman–Crippen LogP) is 4.31. The molecule has 0 heterocycles. The van der Waals surface area contributed by atoms with Gasteiger partial charge in [-0.3, -0.25) is 0 Å². The highest BCUT2D eigenvalue weighted by molar-refractivity contribution is 5.30. The fourth-order valence-corrected chi connectivity index (χ4v) is 2.15. The van der Waals surface area contributed by atoms with Gasteiger partial charge in [-0.2, -0.15) is 0 Å². The molecule has 2 rings (SSSR count). The van der Waals surface area contributed by atoms with Gasteiger partial charge in [0.1, 0.15) is 18.0 Å². The van der Waals surface area contributed by atoms with Crippen molar-refractivity contribution in [1.29, 1.82) is 0 Å². The minimum absolute atomic E-state index is 0.292. The molecule has 0 spiro atoms. The smallest absolute Gasteiger partial charge is 0.126 e. The maximum Gasteiger partial charge on any atom is 0.126 e. The summed E-state index contributed by atoms with van der Waals surface area (Å²) in [5, 5.41) is 10.3. The summed E-state index contributed by atoms with van der Waals surface area (Å²) < 4.78 is 5.87. The van der Waals surface area contributed by atoms with Crippen LogP contribution >= 0.6 is 0 Å². The third-order valence-corrected chi connectivity index (χ3v) is 3.43. The minimum Gasteiger partial charge on any atom is -0.488 e. The van der Waals surface area contributed by atoms with Crippen molar-refractivity contribution in [2.75, 3.05) is 0 Å². The Morgan fingerprint density at radius 3 is 2.15 bits per heavy atom.